The Bertz CT molecular complexity index is 1030. The Balaban J connectivity index is 1.50. The summed E-state index contributed by atoms with van der Waals surface area (Å²) in [5.41, 5.74) is 2.63. The van der Waals surface area contributed by atoms with Gasteiger partial charge in [0, 0.05) is 28.5 Å². The van der Waals surface area contributed by atoms with Crippen molar-refractivity contribution in [1.29, 1.82) is 0 Å². The first-order valence-electron chi connectivity index (χ1n) is 8.15. The van der Waals surface area contributed by atoms with Crippen LogP contribution in [0.25, 0.3) is 0 Å². The Labute approximate surface area is 160 Å². The fourth-order valence-corrected chi connectivity index (χ4v) is 2.85. The van der Waals surface area contributed by atoms with E-state index in [-0.39, 0.29) is 18.4 Å². The predicted octanol–water partition coefficient (Wildman–Crippen LogP) is 4.16. The molecule has 0 bridgehead atoms. The monoisotopic (exact) mass is 382 g/mol. The van der Waals surface area contributed by atoms with E-state index in [4.69, 9.17) is 21.1 Å². The smallest absolute Gasteiger partial charge is 0.274 e. The highest BCUT2D eigenvalue weighted by atomic mass is 35.5. The van der Waals surface area contributed by atoms with Gasteiger partial charge in [-0.2, -0.15) is 0 Å². The molecule has 0 aliphatic carbocycles. The van der Waals surface area contributed by atoms with Crippen molar-refractivity contribution < 1.29 is 14.3 Å². The van der Waals surface area contributed by atoms with E-state index in [2.05, 4.69) is 20.6 Å². The van der Waals surface area contributed by atoms with E-state index >= 15 is 0 Å². The number of carbonyl (C=O) groups is 1. The highest BCUT2D eigenvalue weighted by molar-refractivity contribution is 6.30. The minimum absolute atomic E-state index is 0.178. The Hall–Kier alpha value is -3.32. The molecule has 1 aliphatic heterocycles. The molecule has 8 heteroatoms. The number of nitrogens with one attached hydrogen (secondary N) is 2. The molecule has 7 nitrogen and oxygen atoms in total. The Morgan fingerprint density at radius 2 is 1.93 bits per heavy atom. The lowest BCUT2D eigenvalue weighted by Gasteiger charge is -2.10. The van der Waals surface area contributed by atoms with Crippen molar-refractivity contribution in [3.63, 3.8) is 0 Å². The number of carbonyl (C=O) groups excluding carboxylic acids is 1. The molecule has 27 heavy (non-hydrogen) atoms. The summed E-state index contributed by atoms with van der Waals surface area (Å²) in [6, 6.07) is 12.3. The molecular formula is C19H15ClN4O3. The molecule has 2 heterocycles. The fourth-order valence-electron chi connectivity index (χ4n) is 2.62. The van der Waals surface area contributed by atoms with Gasteiger partial charge in [-0.3, -0.25) is 4.79 Å². The lowest BCUT2D eigenvalue weighted by Crippen LogP contribution is -2.14. The van der Waals surface area contributed by atoms with Gasteiger partial charge in [-0.25, -0.2) is 9.97 Å². The molecule has 136 valence electrons. The standard InChI is InChI=1S/C19H15ClN4O3/c1-11-6-12(20)2-4-14(11)24-18-8-15(21-9-22-18)19(25)23-13-3-5-16-17(7-13)27-10-26-16/h2-9H,10H2,1H3,(H,23,25)(H,21,22,24). The van der Waals surface area contributed by atoms with Gasteiger partial charge >= 0.3 is 0 Å². The van der Waals surface area contributed by atoms with Gasteiger partial charge in [0.25, 0.3) is 5.91 Å². The minimum Gasteiger partial charge on any atom is -0.454 e. The van der Waals surface area contributed by atoms with Gasteiger partial charge < -0.3 is 20.1 Å². The molecule has 4 rings (SSSR count). The van der Waals surface area contributed by atoms with Crippen LogP contribution < -0.4 is 20.1 Å². The fraction of sp³-hybridized carbons (Fsp3) is 0.105. The summed E-state index contributed by atoms with van der Waals surface area (Å²) in [6.45, 7) is 2.11. The number of halogens is 1. The van der Waals surface area contributed by atoms with E-state index in [1.807, 2.05) is 19.1 Å². The SMILES string of the molecule is Cc1cc(Cl)ccc1Nc1cc(C(=O)Nc2ccc3c(c2)OCO3)ncn1. The molecule has 0 saturated heterocycles. The van der Waals surface area contributed by atoms with Crippen LogP contribution in [0.1, 0.15) is 16.1 Å². The van der Waals surface area contributed by atoms with Crippen molar-refractivity contribution in [1.82, 2.24) is 9.97 Å². The van der Waals surface area contributed by atoms with Gasteiger partial charge in [-0.15, -0.1) is 0 Å². The first-order chi connectivity index (χ1) is 13.1. The van der Waals surface area contributed by atoms with Crippen molar-refractivity contribution in [2.45, 2.75) is 6.92 Å². The maximum absolute atomic E-state index is 12.5. The van der Waals surface area contributed by atoms with Crippen molar-refractivity contribution in [2.75, 3.05) is 17.4 Å². The number of aryl methyl sites for hydroxylation is 1. The van der Waals surface area contributed by atoms with E-state index in [1.165, 1.54) is 6.33 Å². The Kier molecular flexibility index (Phi) is 4.52. The quantitative estimate of drug-likeness (QED) is 0.704. The van der Waals surface area contributed by atoms with E-state index in [1.54, 1.807) is 30.3 Å². The second-order valence-electron chi connectivity index (χ2n) is 5.89. The predicted molar refractivity (Wildman–Crippen MR) is 102 cm³/mol. The zero-order valence-corrected chi connectivity index (χ0v) is 15.1. The summed E-state index contributed by atoms with van der Waals surface area (Å²) in [6.07, 6.45) is 1.34. The van der Waals surface area contributed by atoms with E-state index in [0.717, 1.165) is 11.3 Å². The topological polar surface area (TPSA) is 85.4 Å². The first-order valence-corrected chi connectivity index (χ1v) is 8.52. The third-order valence-corrected chi connectivity index (χ3v) is 4.22. The van der Waals surface area contributed by atoms with Crippen LogP contribution in [-0.2, 0) is 0 Å². The summed E-state index contributed by atoms with van der Waals surface area (Å²) in [5.74, 6) is 1.40. The highest BCUT2D eigenvalue weighted by Crippen LogP contribution is 2.34. The zero-order valence-electron chi connectivity index (χ0n) is 14.3. The summed E-state index contributed by atoms with van der Waals surface area (Å²) in [7, 11) is 0. The number of amides is 1. The maximum Gasteiger partial charge on any atom is 0.274 e. The largest absolute Gasteiger partial charge is 0.454 e. The van der Waals surface area contributed by atoms with E-state index in [9.17, 15) is 4.79 Å². The number of fused-ring (bicyclic) bond motifs is 1. The molecule has 1 amide bonds. The third kappa shape index (κ3) is 3.78. The highest BCUT2D eigenvalue weighted by Gasteiger charge is 2.15. The number of ether oxygens (including phenoxy) is 2. The lowest BCUT2D eigenvalue weighted by atomic mass is 10.2. The molecule has 3 aromatic rings. The van der Waals surface area contributed by atoms with Crippen LogP contribution in [0.3, 0.4) is 0 Å². The summed E-state index contributed by atoms with van der Waals surface area (Å²) < 4.78 is 10.6. The molecule has 0 fully saturated rings. The Morgan fingerprint density at radius 1 is 1.07 bits per heavy atom. The van der Waals surface area contributed by atoms with Gasteiger partial charge in [0.05, 0.1) is 0 Å². The van der Waals surface area contributed by atoms with Crippen molar-refractivity contribution in [3.05, 3.63) is 65.1 Å². The summed E-state index contributed by atoms with van der Waals surface area (Å²) in [5, 5.41) is 6.61. The van der Waals surface area contributed by atoms with Crippen molar-refractivity contribution in [2.24, 2.45) is 0 Å². The number of hydrogen-bond donors (Lipinski definition) is 2. The second kappa shape index (κ2) is 7.13. The molecule has 1 aliphatic rings. The summed E-state index contributed by atoms with van der Waals surface area (Å²) in [4.78, 5) is 20.7. The molecule has 2 aromatic carbocycles. The van der Waals surface area contributed by atoms with Crippen LogP contribution in [0.15, 0.2) is 48.8 Å². The molecule has 2 N–H and O–H groups in total. The molecule has 0 atom stereocenters. The number of nitrogens with zero attached hydrogens (tertiary/aromatic N) is 2. The number of hydrogen-bond acceptors (Lipinski definition) is 6. The van der Waals surface area contributed by atoms with Crippen molar-refractivity contribution >= 4 is 34.7 Å². The zero-order chi connectivity index (χ0) is 18.8. The lowest BCUT2D eigenvalue weighted by molar-refractivity contribution is 0.102. The van der Waals surface area contributed by atoms with Crippen LogP contribution in [0.4, 0.5) is 17.2 Å². The third-order valence-electron chi connectivity index (χ3n) is 3.98. The van der Waals surface area contributed by atoms with Gasteiger partial charge in [0.15, 0.2) is 11.5 Å². The molecule has 0 radical (unpaired) electrons. The molecule has 1 aromatic heterocycles. The minimum atomic E-state index is -0.354. The van der Waals surface area contributed by atoms with Crippen LogP contribution in [-0.4, -0.2) is 22.7 Å². The molecular weight excluding hydrogens is 368 g/mol. The molecule has 0 spiro atoms. The van der Waals surface area contributed by atoms with Crippen LogP contribution in [0.5, 0.6) is 11.5 Å². The maximum atomic E-state index is 12.5. The average molecular weight is 383 g/mol. The first kappa shape index (κ1) is 17.1. The summed E-state index contributed by atoms with van der Waals surface area (Å²) >= 11 is 5.98. The van der Waals surface area contributed by atoms with Gasteiger partial charge in [0.2, 0.25) is 6.79 Å². The van der Waals surface area contributed by atoms with Gasteiger partial charge in [-0.05, 0) is 42.8 Å². The average Bonchev–Trinajstić information content (AvgIpc) is 3.12. The van der Waals surface area contributed by atoms with E-state index < -0.39 is 0 Å². The number of rotatable bonds is 4. The van der Waals surface area contributed by atoms with Crippen LogP contribution >= 0.6 is 11.6 Å². The Morgan fingerprint density at radius 3 is 2.78 bits per heavy atom. The van der Waals surface area contributed by atoms with Crippen LogP contribution in [0, 0.1) is 6.92 Å². The van der Waals surface area contributed by atoms with Gasteiger partial charge in [0.1, 0.15) is 17.8 Å². The molecule has 0 unspecified atom stereocenters. The molecule has 0 saturated carbocycles. The normalized spacial score (nSPS) is 11.9. The van der Waals surface area contributed by atoms with E-state index in [0.29, 0.717) is 28.0 Å². The number of anilines is 3. The van der Waals surface area contributed by atoms with Crippen molar-refractivity contribution in [3.8, 4) is 11.5 Å². The van der Waals surface area contributed by atoms with Gasteiger partial charge in [-0.1, -0.05) is 11.6 Å². The van der Waals surface area contributed by atoms with Crippen LogP contribution in [0.2, 0.25) is 5.02 Å². The number of aromatic nitrogens is 2. The second-order valence-corrected chi connectivity index (χ2v) is 6.33. The number of benzene rings is 2.